The van der Waals surface area contributed by atoms with Crippen LogP contribution in [0.5, 0.6) is 0 Å². The predicted octanol–water partition coefficient (Wildman–Crippen LogP) is 0.684. The maximum absolute atomic E-state index is 9.14. The summed E-state index contributed by atoms with van der Waals surface area (Å²) in [5.74, 6) is -0.527. The SMILES string of the molecule is C=CC(=O)[O-].C=CC(=O)[O-].CC(C)[CH2][Sn+2][CH2]C(C)C. The van der Waals surface area contributed by atoms with Gasteiger partial charge in [-0.3, -0.25) is 0 Å². The minimum absolute atomic E-state index is 0.0709. The summed E-state index contributed by atoms with van der Waals surface area (Å²) in [5.41, 5.74) is 0. The minimum atomic E-state index is -1.23. The molecule has 4 nitrogen and oxygen atoms in total. The molecule has 0 fully saturated rings. The van der Waals surface area contributed by atoms with Crippen molar-refractivity contribution in [3.05, 3.63) is 25.3 Å². The van der Waals surface area contributed by atoms with E-state index in [9.17, 15) is 0 Å². The molecule has 0 aliphatic carbocycles. The van der Waals surface area contributed by atoms with Gasteiger partial charge in [-0.2, -0.15) is 0 Å². The van der Waals surface area contributed by atoms with E-state index in [-0.39, 0.29) is 21.1 Å². The van der Waals surface area contributed by atoms with Crippen LogP contribution in [0.15, 0.2) is 25.3 Å². The molecular weight excluding hydrogens is 351 g/mol. The first-order valence-corrected chi connectivity index (χ1v) is 10.1. The summed E-state index contributed by atoms with van der Waals surface area (Å²) in [5, 5.41) is 18.3. The summed E-state index contributed by atoms with van der Waals surface area (Å²) in [6, 6.07) is 0. The van der Waals surface area contributed by atoms with Gasteiger partial charge in [0.25, 0.3) is 0 Å². The van der Waals surface area contributed by atoms with Gasteiger partial charge in [0, 0.05) is 0 Å². The van der Waals surface area contributed by atoms with Crippen molar-refractivity contribution in [1.82, 2.24) is 0 Å². The molecule has 108 valence electrons. The van der Waals surface area contributed by atoms with Crippen molar-refractivity contribution in [3.63, 3.8) is 0 Å². The fraction of sp³-hybridized carbons (Fsp3) is 0.571. The van der Waals surface area contributed by atoms with E-state index in [1.54, 1.807) is 8.87 Å². The molecule has 0 radical (unpaired) electrons. The predicted molar refractivity (Wildman–Crippen MR) is 75.5 cm³/mol. The molecule has 5 heteroatoms. The van der Waals surface area contributed by atoms with Crippen LogP contribution in [0.1, 0.15) is 27.7 Å². The fourth-order valence-electron chi connectivity index (χ4n) is 0.661. The second kappa shape index (κ2) is 17.2. The first-order valence-electron chi connectivity index (χ1n) is 6.04. The van der Waals surface area contributed by atoms with Crippen LogP contribution in [0, 0.1) is 11.8 Å². The van der Waals surface area contributed by atoms with Gasteiger partial charge in [0.05, 0.1) is 11.9 Å². The average Bonchev–Trinajstić information content (AvgIpc) is 2.29. The van der Waals surface area contributed by atoms with E-state index in [1.165, 1.54) is 0 Å². The van der Waals surface area contributed by atoms with Gasteiger partial charge in [0.1, 0.15) is 0 Å². The van der Waals surface area contributed by atoms with Crippen LogP contribution < -0.4 is 10.2 Å². The Labute approximate surface area is 126 Å². The standard InChI is InChI=1S/2C4H9.2C3H4O2.Sn/c2*1-4(2)3;2*1-2-3(4)5;/h2*4H,1H2,2-3H3;2*2H,1H2,(H,4,5);/q;;;;+2/p-2. The van der Waals surface area contributed by atoms with Crippen molar-refractivity contribution in [3.8, 4) is 0 Å². The summed E-state index contributed by atoms with van der Waals surface area (Å²) < 4.78 is 3.14. The Morgan fingerprint density at radius 2 is 1.16 bits per heavy atom. The number of hydrogen-bond acceptors (Lipinski definition) is 4. The molecule has 0 aromatic carbocycles. The number of carbonyl (C=O) groups is 2. The van der Waals surface area contributed by atoms with Gasteiger partial charge in [-0.25, -0.2) is 0 Å². The number of carboxylic acids is 2. The van der Waals surface area contributed by atoms with Crippen LogP contribution in [0.2, 0.25) is 8.87 Å². The summed E-state index contributed by atoms with van der Waals surface area (Å²) in [7, 11) is 0. The van der Waals surface area contributed by atoms with Crippen LogP contribution in [0.3, 0.4) is 0 Å². The molecule has 0 unspecified atom stereocenters. The molecule has 0 aliphatic heterocycles. The third-order valence-electron chi connectivity index (χ3n) is 1.44. The molecule has 0 N–H and O–H groups in total. The summed E-state index contributed by atoms with van der Waals surface area (Å²) in [6.45, 7) is 15.1. The van der Waals surface area contributed by atoms with Crippen molar-refractivity contribution in [2.45, 2.75) is 36.6 Å². The summed E-state index contributed by atoms with van der Waals surface area (Å²) in [4.78, 5) is 18.3. The topological polar surface area (TPSA) is 80.3 Å². The van der Waals surface area contributed by atoms with E-state index in [0.29, 0.717) is 0 Å². The van der Waals surface area contributed by atoms with Crippen LogP contribution in [-0.4, -0.2) is 33.1 Å². The molecule has 0 saturated carbocycles. The molecule has 0 bridgehead atoms. The van der Waals surface area contributed by atoms with E-state index in [4.69, 9.17) is 19.8 Å². The van der Waals surface area contributed by atoms with Gasteiger partial charge in [0.2, 0.25) is 0 Å². The fourth-order valence-corrected chi connectivity index (χ4v) is 4.43. The monoisotopic (exact) mass is 376 g/mol. The number of carbonyl (C=O) groups excluding carboxylic acids is 2. The zero-order chi connectivity index (χ0) is 15.8. The molecule has 0 amide bonds. The van der Waals surface area contributed by atoms with E-state index in [2.05, 4.69) is 40.9 Å². The molecular formula is C14H24O4Sn. The first kappa shape index (κ1) is 23.3. The van der Waals surface area contributed by atoms with Gasteiger partial charge in [-0.05, 0) is 12.2 Å². The summed E-state index contributed by atoms with van der Waals surface area (Å²) in [6.07, 6.45) is 1.44. The Balaban J connectivity index is -0.000000219. The van der Waals surface area contributed by atoms with Crippen LogP contribution in [0.4, 0.5) is 0 Å². The maximum atomic E-state index is 9.14. The van der Waals surface area contributed by atoms with E-state index in [0.717, 1.165) is 24.0 Å². The van der Waals surface area contributed by atoms with Crippen molar-refractivity contribution in [1.29, 1.82) is 0 Å². The Morgan fingerprint density at radius 3 is 1.26 bits per heavy atom. The molecule has 0 heterocycles. The molecule has 19 heavy (non-hydrogen) atoms. The van der Waals surface area contributed by atoms with Crippen molar-refractivity contribution in [2.75, 3.05) is 0 Å². The van der Waals surface area contributed by atoms with Crippen LogP contribution >= 0.6 is 0 Å². The molecule has 0 saturated heterocycles. The first-order chi connectivity index (χ1) is 8.67. The third-order valence-corrected chi connectivity index (χ3v) is 7.75. The van der Waals surface area contributed by atoms with E-state index >= 15 is 0 Å². The Hall–Kier alpha value is -0.781. The van der Waals surface area contributed by atoms with Gasteiger partial charge >= 0.3 is 69.5 Å². The van der Waals surface area contributed by atoms with E-state index in [1.807, 2.05) is 0 Å². The quantitative estimate of drug-likeness (QED) is 0.505. The molecule has 0 rings (SSSR count). The summed E-state index contributed by atoms with van der Waals surface area (Å²) >= 11 is 0.0709. The van der Waals surface area contributed by atoms with Gasteiger partial charge in [0.15, 0.2) is 0 Å². The van der Waals surface area contributed by atoms with Crippen molar-refractivity contribution < 1.29 is 19.8 Å². The van der Waals surface area contributed by atoms with E-state index < -0.39 is 11.9 Å². The molecule has 0 aromatic heterocycles. The third kappa shape index (κ3) is 46.9. The average molecular weight is 375 g/mol. The zero-order valence-corrected chi connectivity index (χ0v) is 15.1. The van der Waals surface area contributed by atoms with Crippen LogP contribution in [-0.2, 0) is 9.59 Å². The Bertz CT molecular complexity index is 234. The number of rotatable bonds is 6. The van der Waals surface area contributed by atoms with Crippen molar-refractivity contribution >= 4 is 33.1 Å². The molecule has 0 atom stereocenters. The number of hydrogen-bond donors (Lipinski definition) is 0. The normalized spacial score (nSPS) is 8.32. The Kier molecular flexibility index (Phi) is 21.1. The number of carboxylic acid groups (broad SMARTS) is 2. The van der Waals surface area contributed by atoms with Crippen LogP contribution in [0.25, 0.3) is 0 Å². The Morgan fingerprint density at radius 1 is 0.947 bits per heavy atom. The van der Waals surface area contributed by atoms with Gasteiger partial charge in [-0.15, -0.1) is 0 Å². The second-order valence-corrected chi connectivity index (χ2v) is 8.25. The zero-order valence-electron chi connectivity index (χ0n) is 12.3. The second-order valence-electron chi connectivity index (χ2n) is 4.49. The molecule has 0 aromatic rings. The molecule has 0 spiro atoms. The molecule has 0 aliphatic rings. The number of aliphatic carboxylic acids is 2. The van der Waals surface area contributed by atoms with Gasteiger partial charge in [-0.1, -0.05) is 13.2 Å². The van der Waals surface area contributed by atoms with Crippen molar-refractivity contribution in [2.24, 2.45) is 11.8 Å². The van der Waals surface area contributed by atoms with Gasteiger partial charge < -0.3 is 19.8 Å².